The van der Waals surface area contributed by atoms with Crippen LogP contribution in [0.1, 0.15) is 23.4 Å². The van der Waals surface area contributed by atoms with E-state index in [1.807, 2.05) is 0 Å². The second-order valence-electron chi connectivity index (χ2n) is 4.61. The zero-order valence-corrected chi connectivity index (χ0v) is 11.9. The lowest BCUT2D eigenvalue weighted by Crippen LogP contribution is -2.25. The molecular formula is C15H13F3N2O3. The van der Waals surface area contributed by atoms with Crippen LogP contribution in [0.15, 0.2) is 34.9 Å². The van der Waals surface area contributed by atoms with Gasteiger partial charge in [-0.25, -0.2) is 13.2 Å². The molecule has 0 bridgehead atoms. The lowest BCUT2D eigenvalue weighted by molar-refractivity contribution is -0.116. The number of nitrogens with one attached hydrogen (secondary N) is 2. The quantitative estimate of drug-likeness (QED) is 0.633. The van der Waals surface area contributed by atoms with E-state index < -0.39 is 35.0 Å². The van der Waals surface area contributed by atoms with Crippen LogP contribution in [-0.4, -0.2) is 18.4 Å². The van der Waals surface area contributed by atoms with Crippen LogP contribution in [0, 0.1) is 17.5 Å². The minimum atomic E-state index is -1.64. The molecule has 0 aliphatic carbocycles. The average Bonchev–Trinajstić information content (AvgIpc) is 3.06. The summed E-state index contributed by atoms with van der Waals surface area (Å²) in [5.41, 5.74) is -0.437. The van der Waals surface area contributed by atoms with Crippen LogP contribution in [-0.2, 0) is 4.79 Å². The Kier molecular flexibility index (Phi) is 5.40. The number of hydrogen-bond acceptors (Lipinski definition) is 3. The summed E-state index contributed by atoms with van der Waals surface area (Å²) in [7, 11) is 0. The van der Waals surface area contributed by atoms with E-state index in [9.17, 15) is 22.8 Å². The topological polar surface area (TPSA) is 71.3 Å². The predicted molar refractivity (Wildman–Crippen MR) is 75.2 cm³/mol. The second kappa shape index (κ2) is 7.48. The first-order valence-corrected chi connectivity index (χ1v) is 6.74. The van der Waals surface area contributed by atoms with E-state index >= 15 is 0 Å². The van der Waals surface area contributed by atoms with Crippen molar-refractivity contribution < 1.29 is 27.2 Å². The third-order valence-electron chi connectivity index (χ3n) is 2.92. The lowest BCUT2D eigenvalue weighted by Gasteiger charge is -2.07. The van der Waals surface area contributed by atoms with Crippen LogP contribution < -0.4 is 10.6 Å². The molecule has 23 heavy (non-hydrogen) atoms. The van der Waals surface area contributed by atoms with E-state index in [1.54, 1.807) is 6.07 Å². The number of benzene rings is 1. The van der Waals surface area contributed by atoms with Gasteiger partial charge in [0.2, 0.25) is 5.91 Å². The zero-order valence-electron chi connectivity index (χ0n) is 11.9. The number of hydrogen-bond donors (Lipinski definition) is 2. The number of amides is 2. The van der Waals surface area contributed by atoms with Gasteiger partial charge in [-0.05, 0) is 30.7 Å². The fourth-order valence-corrected chi connectivity index (χ4v) is 1.78. The van der Waals surface area contributed by atoms with E-state index in [0.717, 1.165) is 12.1 Å². The van der Waals surface area contributed by atoms with Crippen molar-refractivity contribution in [2.75, 3.05) is 11.9 Å². The highest BCUT2D eigenvalue weighted by Gasteiger charge is 2.15. The normalized spacial score (nSPS) is 10.4. The zero-order chi connectivity index (χ0) is 16.8. The van der Waals surface area contributed by atoms with E-state index in [2.05, 4.69) is 10.6 Å². The highest BCUT2D eigenvalue weighted by Crippen LogP contribution is 2.19. The number of rotatable bonds is 6. The molecule has 2 aromatic rings. The number of anilines is 1. The molecule has 2 N–H and O–H groups in total. The minimum absolute atomic E-state index is 0.0309. The number of halogens is 3. The Morgan fingerprint density at radius 3 is 2.57 bits per heavy atom. The molecule has 1 aromatic carbocycles. The first-order chi connectivity index (χ1) is 11.0. The molecule has 0 aliphatic rings. The van der Waals surface area contributed by atoms with Crippen molar-refractivity contribution in [2.45, 2.75) is 12.8 Å². The summed E-state index contributed by atoms with van der Waals surface area (Å²) in [6.45, 7) is 0.202. The first-order valence-electron chi connectivity index (χ1n) is 6.74. The van der Waals surface area contributed by atoms with Crippen molar-refractivity contribution in [3.05, 3.63) is 53.7 Å². The molecule has 0 spiro atoms. The van der Waals surface area contributed by atoms with Crippen molar-refractivity contribution >= 4 is 17.5 Å². The third-order valence-corrected chi connectivity index (χ3v) is 2.92. The first kappa shape index (κ1) is 16.6. The molecule has 1 aromatic heterocycles. The summed E-state index contributed by atoms with van der Waals surface area (Å²) < 4.78 is 44.0. The standard InChI is InChI=1S/C15H13F3N2O3/c16-9-5-6-10(14(18)13(9)17)20-12(21)4-1-7-19-15(22)11-3-2-8-23-11/h2-3,5-6,8H,1,4,7H2,(H,19,22)(H,20,21). The lowest BCUT2D eigenvalue weighted by atomic mass is 10.2. The van der Waals surface area contributed by atoms with Crippen molar-refractivity contribution in [3.63, 3.8) is 0 Å². The maximum atomic E-state index is 13.4. The van der Waals surface area contributed by atoms with Gasteiger partial charge in [-0.1, -0.05) is 0 Å². The molecule has 0 unspecified atom stereocenters. The molecule has 0 atom stereocenters. The second-order valence-corrected chi connectivity index (χ2v) is 4.61. The van der Waals surface area contributed by atoms with Crippen LogP contribution in [0.25, 0.3) is 0 Å². The Morgan fingerprint density at radius 1 is 1.09 bits per heavy atom. The Morgan fingerprint density at radius 2 is 1.87 bits per heavy atom. The van der Waals surface area contributed by atoms with Crippen LogP contribution in [0.5, 0.6) is 0 Å². The Labute approximate surface area is 129 Å². The molecule has 0 fully saturated rings. The molecule has 5 nitrogen and oxygen atoms in total. The Balaban J connectivity index is 1.75. The van der Waals surface area contributed by atoms with Gasteiger partial charge in [0.05, 0.1) is 12.0 Å². The molecule has 8 heteroatoms. The Bertz CT molecular complexity index is 702. The fourth-order valence-electron chi connectivity index (χ4n) is 1.78. The summed E-state index contributed by atoms with van der Waals surface area (Å²) in [4.78, 5) is 23.1. The fraction of sp³-hybridized carbons (Fsp3) is 0.200. The van der Waals surface area contributed by atoms with Gasteiger partial charge in [0.15, 0.2) is 23.2 Å². The summed E-state index contributed by atoms with van der Waals surface area (Å²) in [5, 5.41) is 4.68. The van der Waals surface area contributed by atoms with E-state index in [4.69, 9.17) is 4.42 Å². The molecule has 0 saturated heterocycles. The van der Waals surface area contributed by atoms with Crippen LogP contribution in [0.3, 0.4) is 0 Å². The number of carbonyl (C=O) groups is 2. The van der Waals surface area contributed by atoms with Crippen molar-refractivity contribution in [1.82, 2.24) is 5.32 Å². The van der Waals surface area contributed by atoms with E-state index in [-0.39, 0.29) is 25.1 Å². The molecule has 1 heterocycles. The van der Waals surface area contributed by atoms with Crippen molar-refractivity contribution in [1.29, 1.82) is 0 Å². The monoisotopic (exact) mass is 326 g/mol. The van der Waals surface area contributed by atoms with Gasteiger partial charge < -0.3 is 15.1 Å². The van der Waals surface area contributed by atoms with Crippen molar-refractivity contribution in [2.24, 2.45) is 0 Å². The smallest absolute Gasteiger partial charge is 0.286 e. The highest BCUT2D eigenvalue weighted by atomic mass is 19.2. The van der Waals surface area contributed by atoms with Gasteiger partial charge in [0.1, 0.15) is 0 Å². The molecule has 2 rings (SSSR count). The van der Waals surface area contributed by atoms with Gasteiger partial charge in [-0.3, -0.25) is 9.59 Å². The Hall–Kier alpha value is -2.77. The van der Waals surface area contributed by atoms with Crippen LogP contribution in [0.4, 0.5) is 18.9 Å². The van der Waals surface area contributed by atoms with E-state index in [0.29, 0.717) is 0 Å². The number of furan rings is 1. The largest absolute Gasteiger partial charge is 0.459 e. The van der Waals surface area contributed by atoms with Gasteiger partial charge >= 0.3 is 0 Å². The SMILES string of the molecule is O=C(CCCNC(=O)c1ccco1)Nc1ccc(F)c(F)c1F. The summed E-state index contributed by atoms with van der Waals surface area (Å²) in [5.74, 6) is -5.28. The predicted octanol–water partition coefficient (Wildman–Crippen LogP) is 2.85. The number of carbonyl (C=O) groups excluding carboxylic acids is 2. The third kappa shape index (κ3) is 4.35. The molecule has 0 aliphatic heterocycles. The average molecular weight is 326 g/mol. The maximum absolute atomic E-state index is 13.4. The minimum Gasteiger partial charge on any atom is -0.459 e. The van der Waals surface area contributed by atoms with Gasteiger partial charge in [0.25, 0.3) is 5.91 Å². The van der Waals surface area contributed by atoms with E-state index in [1.165, 1.54) is 12.3 Å². The van der Waals surface area contributed by atoms with Gasteiger partial charge in [-0.15, -0.1) is 0 Å². The molecule has 0 radical (unpaired) electrons. The van der Waals surface area contributed by atoms with Crippen LogP contribution >= 0.6 is 0 Å². The highest BCUT2D eigenvalue weighted by molar-refractivity contribution is 5.92. The van der Waals surface area contributed by atoms with Crippen LogP contribution in [0.2, 0.25) is 0 Å². The van der Waals surface area contributed by atoms with Gasteiger partial charge in [-0.2, -0.15) is 0 Å². The van der Waals surface area contributed by atoms with Crippen molar-refractivity contribution in [3.8, 4) is 0 Å². The van der Waals surface area contributed by atoms with Gasteiger partial charge in [0, 0.05) is 13.0 Å². The summed E-state index contributed by atoms with van der Waals surface area (Å²) in [6.07, 6.45) is 1.61. The molecule has 0 saturated carbocycles. The molecule has 122 valence electrons. The maximum Gasteiger partial charge on any atom is 0.286 e. The molecule has 2 amide bonds. The summed E-state index contributed by atoms with van der Waals surface area (Å²) in [6, 6.07) is 4.72. The summed E-state index contributed by atoms with van der Waals surface area (Å²) >= 11 is 0. The molecular weight excluding hydrogens is 313 g/mol.